The molecular formula is C15H17N3O2. The van der Waals surface area contributed by atoms with E-state index in [-0.39, 0.29) is 0 Å². The van der Waals surface area contributed by atoms with Crippen LogP contribution in [0, 0.1) is 0 Å². The third-order valence-electron chi connectivity index (χ3n) is 4.02. The minimum Gasteiger partial charge on any atom is -0.361 e. The zero-order valence-electron chi connectivity index (χ0n) is 11.1. The highest BCUT2D eigenvalue weighted by Crippen LogP contribution is 2.27. The lowest BCUT2D eigenvalue weighted by Crippen LogP contribution is -2.56. The lowest BCUT2D eigenvalue weighted by atomic mass is 9.89. The van der Waals surface area contributed by atoms with Crippen molar-refractivity contribution in [2.24, 2.45) is 0 Å². The van der Waals surface area contributed by atoms with Crippen LogP contribution in [0.25, 0.3) is 10.9 Å². The highest BCUT2D eigenvalue weighted by Gasteiger charge is 2.39. The molecule has 1 aromatic heterocycles. The minimum absolute atomic E-state index is 0.681. The molecule has 2 N–H and O–H groups in total. The van der Waals surface area contributed by atoms with Crippen molar-refractivity contribution in [1.82, 2.24) is 15.2 Å². The molecule has 0 saturated carbocycles. The van der Waals surface area contributed by atoms with Gasteiger partial charge in [-0.05, 0) is 23.1 Å². The van der Waals surface area contributed by atoms with Gasteiger partial charge in [0.15, 0.2) is 18.1 Å². The van der Waals surface area contributed by atoms with Gasteiger partial charge < -0.3 is 19.9 Å². The Morgan fingerprint density at radius 1 is 1.10 bits per heavy atom. The first-order chi connectivity index (χ1) is 9.80. The second-order valence-corrected chi connectivity index (χ2v) is 5.08. The van der Waals surface area contributed by atoms with Gasteiger partial charge in [0.2, 0.25) is 0 Å². The molecule has 0 amide bonds. The number of aromatic nitrogens is 1. The highest BCUT2D eigenvalue weighted by molar-refractivity contribution is 5.93. The van der Waals surface area contributed by atoms with Crippen molar-refractivity contribution in [1.29, 1.82) is 0 Å². The summed E-state index contributed by atoms with van der Waals surface area (Å²) in [4.78, 5) is 28.5. The maximum Gasteiger partial charge on any atom is 0.159 e. The Balaban J connectivity index is 2.07. The molecule has 3 rings (SSSR count). The van der Waals surface area contributed by atoms with E-state index < -0.39 is 5.54 Å². The molecule has 1 aliphatic rings. The minimum atomic E-state index is -1.18. The second kappa shape index (κ2) is 5.19. The predicted molar refractivity (Wildman–Crippen MR) is 76.5 cm³/mol. The van der Waals surface area contributed by atoms with Gasteiger partial charge in [-0.2, -0.15) is 0 Å². The Hall–Kier alpha value is -1.98. The van der Waals surface area contributed by atoms with E-state index >= 15 is 0 Å². The Bertz CT molecular complexity index is 621. The monoisotopic (exact) mass is 271 g/mol. The average molecular weight is 271 g/mol. The third kappa shape index (κ3) is 1.95. The number of H-pyrrole nitrogens is 1. The zero-order chi connectivity index (χ0) is 14.0. The molecule has 1 aromatic carbocycles. The molecule has 0 aliphatic carbocycles. The fraction of sp³-hybridized carbons (Fsp3) is 0.333. The topological polar surface area (TPSA) is 65.2 Å². The van der Waals surface area contributed by atoms with Crippen LogP contribution in [0.2, 0.25) is 0 Å². The Kier molecular flexibility index (Phi) is 3.38. The molecule has 0 bridgehead atoms. The molecule has 1 saturated heterocycles. The summed E-state index contributed by atoms with van der Waals surface area (Å²) in [7, 11) is 0. The summed E-state index contributed by atoms with van der Waals surface area (Å²) in [6.07, 6.45) is 3.37. The van der Waals surface area contributed by atoms with Crippen LogP contribution in [-0.2, 0) is 15.1 Å². The van der Waals surface area contributed by atoms with E-state index in [1.165, 1.54) is 0 Å². The van der Waals surface area contributed by atoms with Crippen LogP contribution in [0.15, 0.2) is 30.5 Å². The number of carbonyl (C=O) groups excluding carboxylic acids is 2. The first-order valence-electron chi connectivity index (χ1n) is 6.76. The van der Waals surface area contributed by atoms with E-state index in [9.17, 15) is 9.59 Å². The number of fused-ring (bicyclic) bond motifs is 1. The van der Waals surface area contributed by atoms with Gasteiger partial charge in [-0.25, -0.2) is 0 Å². The van der Waals surface area contributed by atoms with Crippen LogP contribution in [0.5, 0.6) is 0 Å². The molecule has 20 heavy (non-hydrogen) atoms. The molecule has 5 nitrogen and oxygen atoms in total. The summed E-state index contributed by atoms with van der Waals surface area (Å²) in [5, 5.41) is 4.30. The number of nitrogens with zero attached hydrogens (tertiary/aromatic N) is 1. The summed E-state index contributed by atoms with van der Waals surface area (Å²) in [5.74, 6) is 0. The number of aromatic amines is 1. The first-order valence-corrected chi connectivity index (χ1v) is 6.76. The molecule has 1 fully saturated rings. The number of carbonyl (C=O) groups is 2. The molecule has 0 atom stereocenters. The number of piperazine rings is 1. The lowest BCUT2D eigenvalue weighted by Gasteiger charge is -2.38. The van der Waals surface area contributed by atoms with Gasteiger partial charge in [-0.1, -0.05) is 12.1 Å². The summed E-state index contributed by atoms with van der Waals surface area (Å²) in [5.41, 5.74) is 0.478. The van der Waals surface area contributed by atoms with Crippen molar-refractivity contribution in [2.45, 2.75) is 5.54 Å². The predicted octanol–water partition coefficient (Wildman–Crippen LogP) is 0.666. The number of aldehydes is 2. The Labute approximate surface area is 117 Å². The van der Waals surface area contributed by atoms with Gasteiger partial charge in [0.05, 0.1) is 0 Å². The molecule has 0 spiro atoms. The van der Waals surface area contributed by atoms with E-state index in [2.05, 4.69) is 10.3 Å². The molecule has 2 aromatic rings. The standard InChI is InChI=1S/C15H17N3O2/c19-10-15(11-20,18-7-5-16-6-8-18)13-2-1-12-3-4-17-14(12)9-13/h1-4,9-11,16-17H,5-8H2. The molecule has 0 unspecified atom stereocenters. The molecule has 0 radical (unpaired) electrons. The summed E-state index contributed by atoms with van der Waals surface area (Å²) < 4.78 is 0. The number of benzene rings is 1. The molecule has 5 heteroatoms. The fourth-order valence-corrected chi connectivity index (χ4v) is 2.83. The molecule has 1 aliphatic heterocycles. The number of rotatable bonds is 4. The molecule has 104 valence electrons. The van der Waals surface area contributed by atoms with Crippen LogP contribution < -0.4 is 5.32 Å². The maximum absolute atomic E-state index is 11.7. The van der Waals surface area contributed by atoms with E-state index in [4.69, 9.17) is 0 Å². The normalized spacial score (nSPS) is 17.2. The van der Waals surface area contributed by atoms with Crippen molar-refractivity contribution in [3.05, 3.63) is 36.0 Å². The van der Waals surface area contributed by atoms with E-state index in [1.54, 1.807) is 0 Å². The molecular weight excluding hydrogens is 254 g/mol. The summed E-state index contributed by atoms with van der Waals surface area (Å²) in [6, 6.07) is 7.65. The van der Waals surface area contributed by atoms with E-state index in [0.717, 1.165) is 42.1 Å². The van der Waals surface area contributed by atoms with Crippen molar-refractivity contribution in [3.8, 4) is 0 Å². The van der Waals surface area contributed by atoms with Crippen LogP contribution in [0.4, 0.5) is 0 Å². The quantitative estimate of drug-likeness (QED) is 0.633. The lowest BCUT2D eigenvalue weighted by molar-refractivity contribution is -0.130. The second-order valence-electron chi connectivity index (χ2n) is 5.08. The summed E-state index contributed by atoms with van der Waals surface area (Å²) in [6.45, 7) is 2.93. The smallest absolute Gasteiger partial charge is 0.159 e. The van der Waals surface area contributed by atoms with E-state index in [1.807, 2.05) is 35.4 Å². The van der Waals surface area contributed by atoms with Crippen LogP contribution in [-0.4, -0.2) is 48.6 Å². The number of nitrogens with one attached hydrogen (secondary N) is 2. The summed E-state index contributed by atoms with van der Waals surface area (Å²) >= 11 is 0. The van der Waals surface area contributed by atoms with Gasteiger partial charge in [-0.15, -0.1) is 0 Å². The van der Waals surface area contributed by atoms with E-state index in [0.29, 0.717) is 13.1 Å². The van der Waals surface area contributed by atoms with Crippen molar-refractivity contribution in [2.75, 3.05) is 26.2 Å². The van der Waals surface area contributed by atoms with Gasteiger partial charge in [0, 0.05) is 37.9 Å². The van der Waals surface area contributed by atoms with Crippen molar-refractivity contribution < 1.29 is 9.59 Å². The Morgan fingerprint density at radius 3 is 2.55 bits per heavy atom. The number of hydrogen-bond acceptors (Lipinski definition) is 4. The van der Waals surface area contributed by atoms with Gasteiger partial charge >= 0.3 is 0 Å². The van der Waals surface area contributed by atoms with Crippen molar-refractivity contribution >= 4 is 23.5 Å². The van der Waals surface area contributed by atoms with Crippen LogP contribution >= 0.6 is 0 Å². The SMILES string of the molecule is O=CC(C=O)(c1ccc2cc[nH]c2c1)N1CCNCC1. The van der Waals surface area contributed by atoms with Crippen molar-refractivity contribution in [3.63, 3.8) is 0 Å². The van der Waals surface area contributed by atoms with Crippen LogP contribution in [0.1, 0.15) is 5.56 Å². The number of hydrogen-bond donors (Lipinski definition) is 2. The van der Waals surface area contributed by atoms with Gasteiger partial charge in [0.25, 0.3) is 0 Å². The largest absolute Gasteiger partial charge is 0.361 e. The van der Waals surface area contributed by atoms with Crippen LogP contribution in [0.3, 0.4) is 0 Å². The third-order valence-corrected chi connectivity index (χ3v) is 4.02. The highest BCUT2D eigenvalue weighted by atomic mass is 16.1. The maximum atomic E-state index is 11.7. The van der Waals surface area contributed by atoms with Gasteiger partial charge in [0.1, 0.15) is 0 Å². The Morgan fingerprint density at radius 2 is 1.85 bits per heavy atom. The molecule has 2 heterocycles. The fourth-order valence-electron chi connectivity index (χ4n) is 2.83. The van der Waals surface area contributed by atoms with Gasteiger partial charge in [-0.3, -0.25) is 4.90 Å². The zero-order valence-corrected chi connectivity index (χ0v) is 11.1. The average Bonchev–Trinajstić information content (AvgIpc) is 2.98. The first kappa shape index (κ1) is 13.0.